The van der Waals surface area contributed by atoms with Crippen molar-refractivity contribution in [1.29, 1.82) is 5.41 Å². The molecule has 0 aromatic heterocycles. The zero-order chi connectivity index (χ0) is 5.49. The molecule has 0 heterocycles. The summed E-state index contributed by atoms with van der Waals surface area (Å²) in [6.07, 6.45) is 2.48. The van der Waals surface area contributed by atoms with Crippen LogP contribution in [0, 0.1) is 10.8 Å². The van der Waals surface area contributed by atoms with Gasteiger partial charge in [0, 0.05) is 11.1 Å². The third-order valence-electron chi connectivity index (χ3n) is 1.91. The Morgan fingerprint density at radius 2 is 2.00 bits per heavy atom. The molecule has 1 N–H and O–H groups in total. The van der Waals surface area contributed by atoms with E-state index in [4.69, 9.17) is 5.41 Å². The number of rotatable bonds is 1. The fourth-order valence-electron chi connectivity index (χ4n) is 0.562. The van der Waals surface area contributed by atoms with Gasteiger partial charge in [-0.3, -0.25) is 0 Å². The van der Waals surface area contributed by atoms with E-state index in [0.29, 0.717) is 5.41 Å². The van der Waals surface area contributed by atoms with Gasteiger partial charge in [-0.1, -0.05) is 6.92 Å². The van der Waals surface area contributed by atoms with Gasteiger partial charge in [-0.15, -0.1) is 0 Å². The maximum absolute atomic E-state index is 7.21. The van der Waals surface area contributed by atoms with E-state index in [0.717, 1.165) is 5.71 Å². The minimum absolute atomic E-state index is 0.333. The highest BCUT2D eigenvalue weighted by Crippen LogP contribution is 2.45. The molecular weight excluding hydrogens is 86.1 g/mol. The molecule has 7 heavy (non-hydrogen) atoms. The number of hydrogen-bond acceptors (Lipinski definition) is 1. The van der Waals surface area contributed by atoms with Crippen molar-refractivity contribution >= 4 is 5.71 Å². The molecule has 1 saturated carbocycles. The highest BCUT2D eigenvalue weighted by Gasteiger charge is 2.39. The summed E-state index contributed by atoms with van der Waals surface area (Å²) in [6, 6.07) is 0. The van der Waals surface area contributed by atoms with Crippen LogP contribution in [0.5, 0.6) is 0 Å². The fraction of sp³-hybridized carbons (Fsp3) is 0.833. The molecule has 1 aliphatic carbocycles. The van der Waals surface area contributed by atoms with E-state index in [9.17, 15) is 0 Å². The van der Waals surface area contributed by atoms with Gasteiger partial charge in [0.15, 0.2) is 0 Å². The average molecular weight is 97.2 g/mol. The lowest BCUT2D eigenvalue weighted by atomic mass is 10.1. The summed E-state index contributed by atoms with van der Waals surface area (Å²) < 4.78 is 0. The van der Waals surface area contributed by atoms with Gasteiger partial charge < -0.3 is 5.41 Å². The molecule has 0 aromatic rings. The fourth-order valence-corrected chi connectivity index (χ4v) is 0.562. The first-order chi connectivity index (χ1) is 3.15. The minimum atomic E-state index is 0.333. The summed E-state index contributed by atoms with van der Waals surface area (Å²) in [4.78, 5) is 0. The monoisotopic (exact) mass is 97.1 g/mol. The maximum atomic E-state index is 7.21. The predicted octanol–water partition coefficient (Wildman–Crippen LogP) is 1.83. The van der Waals surface area contributed by atoms with E-state index in [1.807, 2.05) is 6.92 Å². The maximum Gasteiger partial charge on any atom is 0.0117 e. The molecule has 0 unspecified atom stereocenters. The Morgan fingerprint density at radius 1 is 1.57 bits per heavy atom. The standard InChI is InChI=1S/C6H11N/c1-5(7)6(2)3-4-6/h7H,3-4H2,1-2H3. The Labute approximate surface area is 44.2 Å². The molecule has 0 spiro atoms. The summed E-state index contributed by atoms with van der Waals surface area (Å²) in [5.41, 5.74) is 1.19. The highest BCUT2D eigenvalue weighted by atomic mass is 14.5. The molecule has 1 fully saturated rings. The Balaban J connectivity index is 2.55. The topological polar surface area (TPSA) is 23.9 Å². The second-order valence-electron chi connectivity index (χ2n) is 2.69. The SMILES string of the molecule is CC(=N)C1(C)CC1. The molecule has 0 aliphatic heterocycles. The Morgan fingerprint density at radius 3 is 2.00 bits per heavy atom. The van der Waals surface area contributed by atoms with Crippen molar-refractivity contribution in [3.05, 3.63) is 0 Å². The van der Waals surface area contributed by atoms with Crippen LogP contribution in [-0.4, -0.2) is 5.71 Å². The Hall–Kier alpha value is -0.330. The van der Waals surface area contributed by atoms with Crippen LogP contribution in [-0.2, 0) is 0 Å². The van der Waals surface area contributed by atoms with Crippen LogP contribution in [0.2, 0.25) is 0 Å². The summed E-state index contributed by atoms with van der Waals surface area (Å²) in [7, 11) is 0. The van der Waals surface area contributed by atoms with Crippen molar-refractivity contribution in [2.45, 2.75) is 26.7 Å². The first-order valence-electron chi connectivity index (χ1n) is 2.71. The van der Waals surface area contributed by atoms with E-state index in [1.165, 1.54) is 12.8 Å². The zero-order valence-corrected chi connectivity index (χ0v) is 4.91. The van der Waals surface area contributed by atoms with Gasteiger partial charge in [-0.2, -0.15) is 0 Å². The highest BCUT2D eigenvalue weighted by molar-refractivity contribution is 5.87. The third kappa shape index (κ3) is 0.671. The zero-order valence-electron chi connectivity index (χ0n) is 4.91. The largest absolute Gasteiger partial charge is 0.309 e. The summed E-state index contributed by atoms with van der Waals surface area (Å²) in [5, 5.41) is 7.21. The van der Waals surface area contributed by atoms with Crippen molar-refractivity contribution in [3.8, 4) is 0 Å². The van der Waals surface area contributed by atoms with Crippen LogP contribution in [0.4, 0.5) is 0 Å². The lowest BCUT2D eigenvalue weighted by Gasteiger charge is -2.00. The van der Waals surface area contributed by atoms with Crippen LogP contribution in [0.15, 0.2) is 0 Å². The van der Waals surface area contributed by atoms with E-state index >= 15 is 0 Å². The molecule has 1 heteroatoms. The van der Waals surface area contributed by atoms with E-state index in [2.05, 4.69) is 6.92 Å². The molecule has 0 amide bonds. The predicted molar refractivity (Wildman–Crippen MR) is 30.7 cm³/mol. The molecule has 0 bridgehead atoms. The lowest BCUT2D eigenvalue weighted by molar-refractivity contribution is 0.791. The van der Waals surface area contributed by atoms with E-state index in [-0.39, 0.29) is 0 Å². The molecule has 0 aromatic carbocycles. The third-order valence-corrected chi connectivity index (χ3v) is 1.91. The molecule has 1 nitrogen and oxygen atoms in total. The van der Waals surface area contributed by atoms with Crippen LogP contribution >= 0.6 is 0 Å². The molecule has 1 aliphatic rings. The first-order valence-corrected chi connectivity index (χ1v) is 2.71. The van der Waals surface area contributed by atoms with Crippen molar-refractivity contribution < 1.29 is 0 Å². The van der Waals surface area contributed by atoms with Crippen molar-refractivity contribution in [3.63, 3.8) is 0 Å². The van der Waals surface area contributed by atoms with Gasteiger partial charge in [0.2, 0.25) is 0 Å². The molecule has 40 valence electrons. The Kier molecular flexibility index (Phi) is 0.748. The van der Waals surface area contributed by atoms with Crippen molar-refractivity contribution in [2.75, 3.05) is 0 Å². The van der Waals surface area contributed by atoms with Crippen LogP contribution in [0.3, 0.4) is 0 Å². The van der Waals surface area contributed by atoms with Gasteiger partial charge in [-0.25, -0.2) is 0 Å². The lowest BCUT2D eigenvalue weighted by Crippen LogP contribution is -2.03. The smallest absolute Gasteiger partial charge is 0.0117 e. The summed E-state index contributed by atoms with van der Waals surface area (Å²) in [5.74, 6) is 0. The minimum Gasteiger partial charge on any atom is -0.309 e. The average Bonchev–Trinajstić information content (AvgIpc) is 2.21. The van der Waals surface area contributed by atoms with E-state index in [1.54, 1.807) is 0 Å². The quantitative estimate of drug-likeness (QED) is 0.483. The summed E-state index contributed by atoms with van der Waals surface area (Å²) in [6.45, 7) is 4.04. The van der Waals surface area contributed by atoms with Crippen LogP contribution < -0.4 is 0 Å². The normalized spacial score (nSPS) is 24.3. The number of nitrogens with one attached hydrogen (secondary N) is 1. The molecular formula is C6H11N. The van der Waals surface area contributed by atoms with Gasteiger partial charge in [-0.05, 0) is 19.8 Å². The number of hydrogen-bond donors (Lipinski definition) is 1. The van der Waals surface area contributed by atoms with E-state index < -0.39 is 0 Å². The second-order valence-corrected chi connectivity index (χ2v) is 2.69. The molecule has 0 radical (unpaired) electrons. The Bertz CT molecular complexity index is 101. The van der Waals surface area contributed by atoms with Gasteiger partial charge in [0.25, 0.3) is 0 Å². The van der Waals surface area contributed by atoms with Crippen molar-refractivity contribution in [2.24, 2.45) is 5.41 Å². The first kappa shape index (κ1) is 4.82. The van der Waals surface area contributed by atoms with Crippen LogP contribution in [0.25, 0.3) is 0 Å². The molecule has 0 saturated heterocycles. The van der Waals surface area contributed by atoms with Crippen molar-refractivity contribution in [1.82, 2.24) is 0 Å². The molecule has 0 atom stereocenters. The van der Waals surface area contributed by atoms with Gasteiger partial charge in [0.05, 0.1) is 0 Å². The second kappa shape index (κ2) is 1.09. The van der Waals surface area contributed by atoms with Gasteiger partial charge in [0.1, 0.15) is 0 Å². The van der Waals surface area contributed by atoms with Crippen LogP contribution in [0.1, 0.15) is 26.7 Å². The van der Waals surface area contributed by atoms with Gasteiger partial charge >= 0.3 is 0 Å². The molecule has 1 rings (SSSR count). The summed E-state index contributed by atoms with van der Waals surface area (Å²) >= 11 is 0.